The second-order valence-electron chi connectivity index (χ2n) is 2.34. The van der Waals surface area contributed by atoms with Gasteiger partial charge in [-0.3, -0.25) is 0 Å². The van der Waals surface area contributed by atoms with Gasteiger partial charge in [-0.25, -0.2) is 5.11 Å². The van der Waals surface area contributed by atoms with Crippen LogP contribution in [-0.4, -0.2) is 13.2 Å². The molecule has 1 saturated carbocycles. The third kappa shape index (κ3) is 1.59. The lowest BCUT2D eigenvalue weighted by molar-refractivity contribution is 0.174. The standard InChI is InChI=1S/C5H8N3O/c6-8-7-2-4-1-5(4)3-9/h4-5H,1-3H2. The van der Waals surface area contributed by atoms with Crippen LogP contribution in [0.2, 0.25) is 0 Å². The van der Waals surface area contributed by atoms with Crippen LogP contribution in [-0.2, 0) is 5.11 Å². The van der Waals surface area contributed by atoms with E-state index in [1.54, 1.807) is 0 Å². The van der Waals surface area contributed by atoms with Crippen LogP contribution in [0.3, 0.4) is 0 Å². The van der Waals surface area contributed by atoms with Crippen LogP contribution in [0, 0.1) is 11.8 Å². The summed E-state index contributed by atoms with van der Waals surface area (Å²) in [6, 6.07) is 0. The molecule has 0 amide bonds. The fraction of sp³-hybridized carbons (Fsp3) is 1.00. The van der Waals surface area contributed by atoms with E-state index >= 15 is 0 Å². The van der Waals surface area contributed by atoms with Crippen molar-refractivity contribution >= 4 is 0 Å². The number of nitrogens with zero attached hydrogens (tertiary/aromatic N) is 3. The van der Waals surface area contributed by atoms with Crippen molar-refractivity contribution in [1.82, 2.24) is 0 Å². The van der Waals surface area contributed by atoms with Crippen molar-refractivity contribution in [3.8, 4) is 0 Å². The van der Waals surface area contributed by atoms with Crippen molar-refractivity contribution in [2.45, 2.75) is 6.42 Å². The van der Waals surface area contributed by atoms with E-state index in [9.17, 15) is 5.11 Å². The molecular weight excluding hydrogens is 118 g/mol. The summed E-state index contributed by atoms with van der Waals surface area (Å²) < 4.78 is 0. The summed E-state index contributed by atoms with van der Waals surface area (Å²) in [4.78, 5) is 2.61. The monoisotopic (exact) mass is 126 g/mol. The van der Waals surface area contributed by atoms with Crippen LogP contribution in [0.25, 0.3) is 10.4 Å². The van der Waals surface area contributed by atoms with E-state index in [-0.39, 0.29) is 6.61 Å². The SMILES string of the molecule is [N-]=[N+]=NCC1CC1C[O]. The normalized spacial score (nSPS) is 31.2. The van der Waals surface area contributed by atoms with Gasteiger partial charge in [0.05, 0.1) is 6.61 Å². The molecule has 4 heteroatoms. The summed E-state index contributed by atoms with van der Waals surface area (Å²) in [6.07, 6.45) is 0.961. The molecule has 0 aromatic heterocycles. The molecule has 0 N–H and O–H groups in total. The Morgan fingerprint density at radius 3 is 2.89 bits per heavy atom. The molecule has 1 fully saturated rings. The fourth-order valence-electron chi connectivity index (χ4n) is 0.879. The van der Waals surface area contributed by atoms with E-state index in [2.05, 4.69) is 10.0 Å². The molecule has 9 heavy (non-hydrogen) atoms. The van der Waals surface area contributed by atoms with E-state index in [1.165, 1.54) is 0 Å². The smallest absolute Gasteiger partial charge is 0.0853 e. The highest BCUT2D eigenvalue weighted by atomic mass is 16.3. The zero-order chi connectivity index (χ0) is 6.69. The zero-order valence-corrected chi connectivity index (χ0v) is 5.03. The molecule has 0 aliphatic heterocycles. The average molecular weight is 126 g/mol. The van der Waals surface area contributed by atoms with Gasteiger partial charge in [-0.1, -0.05) is 5.11 Å². The summed E-state index contributed by atoms with van der Waals surface area (Å²) in [7, 11) is 0. The van der Waals surface area contributed by atoms with Crippen molar-refractivity contribution in [2.24, 2.45) is 17.0 Å². The molecule has 0 aromatic carbocycles. The van der Waals surface area contributed by atoms with Crippen molar-refractivity contribution in [1.29, 1.82) is 0 Å². The van der Waals surface area contributed by atoms with Gasteiger partial charge < -0.3 is 0 Å². The predicted octanol–water partition coefficient (Wildman–Crippen LogP) is 1.36. The molecular formula is C5H8N3O. The number of azide groups is 1. The number of hydrogen-bond acceptors (Lipinski definition) is 1. The lowest BCUT2D eigenvalue weighted by atomic mass is 10.3. The molecule has 0 spiro atoms. The van der Waals surface area contributed by atoms with E-state index in [0.29, 0.717) is 18.4 Å². The first kappa shape index (κ1) is 6.39. The van der Waals surface area contributed by atoms with Crippen LogP contribution in [0.15, 0.2) is 5.11 Å². The number of hydrogen-bond donors (Lipinski definition) is 0. The Morgan fingerprint density at radius 1 is 1.67 bits per heavy atom. The molecule has 0 saturated heterocycles. The average Bonchev–Trinajstić information content (AvgIpc) is 2.62. The second kappa shape index (κ2) is 2.71. The van der Waals surface area contributed by atoms with Gasteiger partial charge >= 0.3 is 0 Å². The minimum Gasteiger partial charge on any atom is -0.236 e. The highest BCUT2D eigenvalue weighted by molar-refractivity contribution is 4.86. The first-order chi connectivity index (χ1) is 4.38. The molecule has 1 aliphatic carbocycles. The fourth-order valence-corrected chi connectivity index (χ4v) is 0.879. The molecule has 1 radical (unpaired) electrons. The maximum atomic E-state index is 10.1. The summed E-state index contributed by atoms with van der Waals surface area (Å²) in [5, 5.41) is 13.5. The van der Waals surface area contributed by atoms with Crippen molar-refractivity contribution in [2.75, 3.05) is 13.2 Å². The van der Waals surface area contributed by atoms with Crippen molar-refractivity contribution in [3.05, 3.63) is 10.4 Å². The highest BCUT2D eigenvalue weighted by Crippen LogP contribution is 2.37. The topological polar surface area (TPSA) is 68.7 Å². The van der Waals surface area contributed by atoms with E-state index in [4.69, 9.17) is 5.53 Å². The van der Waals surface area contributed by atoms with E-state index in [1.807, 2.05) is 0 Å². The molecule has 1 rings (SSSR count). The summed E-state index contributed by atoms with van der Waals surface area (Å²) in [5.41, 5.74) is 7.88. The third-order valence-corrected chi connectivity index (χ3v) is 1.66. The lowest BCUT2D eigenvalue weighted by Gasteiger charge is -1.84. The summed E-state index contributed by atoms with van der Waals surface area (Å²) in [6.45, 7) is 0.509. The summed E-state index contributed by atoms with van der Waals surface area (Å²) >= 11 is 0. The quantitative estimate of drug-likeness (QED) is 0.311. The Balaban J connectivity index is 2.12. The van der Waals surface area contributed by atoms with Crippen molar-refractivity contribution < 1.29 is 5.11 Å². The molecule has 0 aromatic rings. The first-order valence-corrected chi connectivity index (χ1v) is 2.97. The second-order valence-corrected chi connectivity index (χ2v) is 2.34. The van der Waals surface area contributed by atoms with Crippen LogP contribution in [0.1, 0.15) is 6.42 Å². The Kier molecular flexibility index (Phi) is 1.92. The maximum Gasteiger partial charge on any atom is 0.0853 e. The van der Waals surface area contributed by atoms with Crippen LogP contribution < -0.4 is 0 Å². The van der Waals surface area contributed by atoms with E-state index in [0.717, 1.165) is 6.42 Å². The van der Waals surface area contributed by atoms with Gasteiger partial charge in [0.25, 0.3) is 0 Å². The molecule has 2 unspecified atom stereocenters. The van der Waals surface area contributed by atoms with Gasteiger partial charge in [0.15, 0.2) is 0 Å². The minimum absolute atomic E-state index is 0.00832. The minimum atomic E-state index is -0.00832. The van der Waals surface area contributed by atoms with Crippen LogP contribution in [0.4, 0.5) is 0 Å². The molecule has 49 valence electrons. The van der Waals surface area contributed by atoms with Crippen LogP contribution >= 0.6 is 0 Å². The maximum absolute atomic E-state index is 10.1. The van der Waals surface area contributed by atoms with Gasteiger partial charge in [-0.05, 0) is 23.8 Å². The van der Waals surface area contributed by atoms with Gasteiger partial charge in [-0.2, -0.15) is 0 Å². The Morgan fingerprint density at radius 2 is 2.44 bits per heavy atom. The molecule has 1 aliphatic rings. The first-order valence-electron chi connectivity index (χ1n) is 2.97. The van der Waals surface area contributed by atoms with Gasteiger partial charge in [0.2, 0.25) is 0 Å². The van der Waals surface area contributed by atoms with Crippen molar-refractivity contribution in [3.63, 3.8) is 0 Å². The highest BCUT2D eigenvalue weighted by Gasteiger charge is 2.35. The van der Waals surface area contributed by atoms with Gasteiger partial charge in [0, 0.05) is 11.5 Å². The largest absolute Gasteiger partial charge is 0.236 e. The molecule has 0 heterocycles. The Labute approximate surface area is 53.1 Å². The third-order valence-electron chi connectivity index (χ3n) is 1.66. The number of rotatable bonds is 3. The van der Waals surface area contributed by atoms with Gasteiger partial charge in [-0.15, -0.1) is 0 Å². The Bertz CT molecular complexity index is 141. The molecule has 4 nitrogen and oxygen atoms in total. The summed E-state index contributed by atoms with van der Waals surface area (Å²) in [5.74, 6) is 0.703. The molecule has 0 bridgehead atoms. The van der Waals surface area contributed by atoms with E-state index < -0.39 is 0 Å². The van der Waals surface area contributed by atoms with Crippen LogP contribution in [0.5, 0.6) is 0 Å². The van der Waals surface area contributed by atoms with Gasteiger partial charge in [0.1, 0.15) is 0 Å². The molecule has 2 atom stereocenters. The predicted molar refractivity (Wildman–Crippen MR) is 31.2 cm³/mol. The lowest BCUT2D eigenvalue weighted by Crippen LogP contribution is -1.89. The zero-order valence-electron chi connectivity index (χ0n) is 5.03. The Hall–Kier alpha value is -0.730.